The van der Waals surface area contributed by atoms with Gasteiger partial charge in [0.25, 0.3) is 10.0 Å². The number of hydrogen-bond donors (Lipinski definition) is 1. The third kappa shape index (κ3) is 5.20. The highest BCUT2D eigenvalue weighted by molar-refractivity contribution is 7.91. The maximum atomic E-state index is 12.9. The zero-order chi connectivity index (χ0) is 22.0. The van der Waals surface area contributed by atoms with E-state index in [-0.39, 0.29) is 12.5 Å². The third-order valence-corrected chi connectivity index (χ3v) is 9.41. The second-order valence-corrected chi connectivity index (χ2v) is 12.2. The second-order valence-electron chi connectivity index (χ2n) is 7.72. The molecule has 164 valence electrons. The fraction of sp³-hybridized carbons (Fsp3) is 0.381. The SMILES string of the molecule is Cc1ccc(Cc2nnc(NC(=O)C3CCCN(S(=O)(=O)c4ccc(C)s4)C3)s2)cc1. The van der Waals surface area contributed by atoms with Crippen LogP contribution in [0.1, 0.15) is 33.9 Å². The summed E-state index contributed by atoms with van der Waals surface area (Å²) in [4.78, 5) is 13.7. The van der Waals surface area contributed by atoms with Crippen LogP contribution in [-0.4, -0.2) is 41.9 Å². The van der Waals surface area contributed by atoms with Crippen molar-refractivity contribution in [1.29, 1.82) is 0 Å². The van der Waals surface area contributed by atoms with Crippen LogP contribution < -0.4 is 5.32 Å². The molecule has 0 radical (unpaired) electrons. The maximum absolute atomic E-state index is 12.9. The quantitative estimate of drug-likeness (QED) is 0.583. The second kappa shape index (κ2) is 9.15. The van der Waals surface area contributed by atoms with Gasteiger partial charge in [-0.1, -0.05) is 41.2 Å². The summed E-state index contributed by atoms with van der Waals surface area (Å²) in [5.41, 5.74) is 2.34. The van der Waals surface area contributed by atoms with E-state index in [1.807, 2.05) is 13.8 Å². The van der Waals surface area contributed by atoms with Crippen LogP contribution >= 0.6 is 22.7 Å². The summed E-state index contributed by atoms with van der Waals surface area (Å²) in [6, 6.07) is 11.7. The smallest absolute Gasteiger partial charge is 0.252 e. The predicted molar refractivity (Wildman–Crippen MR) is 123 cm³/mol. The van der Waals surface area contributed by atoms with Gasteiger partial charge in [0.15, 0.2) is 0 Å². The van der Waals surface area contributed by atoms with Crippen molar-refractivity contribution in [2.24, 2.45) is 5.92 Å². The first-order valence-corrected chi connectivity index (χ1v) is 13.1. The number of thiophene rings is 1. The minimum Gasteiger partial charge on any atom is -0.300 e. The zero-order valence-corrected chi connectivity index (χ0v) is 19.8. The predicted octanol–water partition coefficient (Wildman–Crippen LogP) is 3.85. The zero-order valence-electron chi connectivity index (χ0n) is 17.4. The van der Waals surface area contributed by atoms with Crippen LogP contribution in [0.15, 0.2) is 40.6 Å². The molecule has 2 aromatic heterocycles. The van der Waals surface area contributed by atoms with Gasteiger partial charge in [-0.2, -0.15) is 4.31 Å². The van der Waals surface area contributed by atoms with Crippen molar-refractivity contribution in [3.8, 4) is 0 Å². The molecule has 1 N–H and O–H groups in total. The number of nitrogens with zero attached hydrogens (tertiary/aromatic N) is 3. The Balaban J connectivity index is 1.38. The van der Waals surface area contributed by atoms with Crippen LogP contribution in [0.25, 0.3) is 0 Å². The van der Waals surface area contributed by atoms with Crippen molar-refractivity contribution in [1.82, 2.24) is 14.5 Å². The first-order chi connectivity index (χ1) is 14.8. The Morgan fingerprint density at radius 1 is 1.13 bits per heavy atom. The van der Waals surface area contributed by atoms with E-state index in [1.165, 1.54) is 32.5 Å². The van der Waals surface area contributed by atoms with E-state index >= 15 is 0 Å². The molecular formula is C21H24N4O3S3. The average molecular weight is 477 g/mol. The molecule has 1 saturated heterocycles. The summed E-state index contributed by atoms with van der Waals surface area (Å²) < 4.78 is 27.6. The first-order valence-electron chi connectivity index (χ1n) is 10.1. The van der Waals surface area contributed by atoms with E-state index in [1.54, 1.807) is 12.1 Å². The van der Waals surface area contributed by atoms with Crippen LogP contribution in [0.4, 0.5) is 5.13 Å². The number of anilines is 1. The Bertz CT molecular complexity index is 1170. The Labute approximate surface area is 190 Å². The number of sulfonamides is 1. The molecule has 0 bridgehead atoms. The molecule has 0 aliphatic carbocycles. The van der Waals surface area contributed by atoms with Crippen molar-refractivity contribution in [3.63, 3.8) is 0 Å². The highest BCUT2D eigenvalue weighted by atomic mass is 32.2. The number of rotatable bonds is 6. The summed E-state index contributed by atoms with van der Waals surface area (Å²) in [6.45, 7) is 4.54. The van der Waals surface area contributed by atoms with Crippen molar-refractivity contribution >= 4 is 43.7 Å². The van der Waals surface area contributed by atoms with Gasteiger partial charge in [-0.15, -0.1) is 21.5 Å². The molecule has 1 atom stereocenters. The third-order valence-electron chi connectivity index (χ3n) is 5.24. The van der Waals surface area contributed by atoms with Crippen LogP contribution in [0.5, 0.6) is 0 Å². The summed E-state index contributed by atoms with van der Waals surface area (Å²) in [6.07, 6.45) is 1.95. The Kier molecular flexibility index (Phi) is 6.52. The number of aryl methyl sites for hydroxylation is 2. The molecule has 0 spiro atoms. The van der Waals surface area contributed by atoms with Crippen molar-refractivity contribution in [2.45, 2.75) is 37.3 Å². The van der Waals surface area contributed by atoms with E-state index in [0.717, 1.165) is 15.4 Å². The van der Waals surface area contributed by atoms with Crippen LogP contribution in [0, 0.1) is 19.8 Å². The number of nitrogens with one attached hydrogen (secondary N) is 1. The molecule has 1 aliphatic rings. The van der Waals surface area contributed by atoms with Crippen molar-refractivity contribution in [2.75, 3.05) is 18.4 Å². The number of benzene rings is 1. The highest BCUT2D eigenvalue weighted by Gasteiger charge is 2.34. The largest absolute Gasteiger partial charge is 0.300 e. The lowest BCUT2D eigenvalue weighted by Crippen LogP contribution is -2.43. The number of aromatic nitrogens is 2. The van der Waals surface area contributed by atoms with Crippen LogP contribution in [0.2, 0.25) is 0 Å². The van der Waals surface area contributed by atoms with Gasteiger partial charge in [-0.25, -0.2) is 8.42 Å². The number of hydrogen-bond acceptors (Lipinski definition) is 7. The van der Waals surface area contributed by atoms with E-state index in [9.17, 15) is 13.2 Å². The lowest BCUT2D eigenvalue weighted by Gasteiger charge is -2.30. The van der Waals surface area contributed by atoms with Gasteiger partial charge < -0.3 is 5.32 Å². The standard InChI is InChI=1S/C21H24N4O3S3/c1-14-5-8-16(9-6-14)12-18-23-24-21(30-18)22-20(26)17-4-3-11-25(13-17)31(27,28)19-10-7-15(2)29-19/h5-10,17H,3-4,11-13H2,1-2H3,(H,22,24,26). The van der Waals surface area contributed by atoms with Gasteiger partial charge in [0.2, 0.25) is 11.0 Å². The average Bonchev–Trinajstić information content (AvgIpc) is 3.39. The van der Waals surface area contributed by atoms with E-state index in [0.29, 0.717) is 35.1 Å². The lowest BCUT2D eigenvalue weighted by molar-refractivity contribution is -0.120. The lowest BCUT2D eigenvalue weighted by atomic mass is 9.99. The molecule has 1 unspecified atom stereocenters. The monoisotopic (exact) mass is 476 g/mol. The molecule has 10 heteroatoms. The maximum Gasteiger partial charge on any atom is 0.252 e. The minimum atomic E-state index is -3.57. The molecule has 1 aliphatic heterocycles. The van der Waals surface area contributed by atoms with Crippen LogP contribution in [0.3, 0.4) is 0 Å². The molecule has 1 amide bonds. The van der Waals surface area contributed by atoms with Crippen LogP contribution in [-0.2, 0) is 21.2 Å². The highest BCUT2D eigenvalue weighted by Crippen LogP contribution is 2.29. The topological polar surface area (TPSA) is 92.3 Å². The summed E-state index contributed by atoms with van der Waals surface area (Å²) >= 11 is 2.60. The molecule has 31 heavy (non-hydrogen) atoms. The Morgan fingerprint density at radius 2 is 1.90 bits per heavy atom. The Hall–Kier alpha value is -2.14. The van der Waals surface area contributed by atoms with Crippen molar-refractivity contribution < 1.29 is 13.2 Å². The molecule has 3 heterocycles. The van der Waals surface area contributed by atoms with E-state index in [2.05, 4.69) is 39.8 Å². The van der Waals surface area contributed by atoms with Gasteiger partial charge in [0, 0.05) is 24.4 Å². The first kappa shape index (κ1) is 22.1. The minimum absolute atomic E-state index is 0.181. The number of piperidine rings is 1. The summed E-state index contributed by atoms with van der Waals surface area (Å²) in [7, 11) is -3.57. The number of carbonyl (C=O) groups excluding carboxylic acids is 1. The normalized spacial score (nSPS) is 17.5. The molecule has 1 aromatic carbocycles. The van der Waals surface area contributed by atoms with Gasteiger partial charge >= 0.3 is 0 Å². The van der Waals surface area contributed by atoms with Crippen molar-refractivity contribution in [3.05, 3.63) is 57.4 Å². The van der Waals surface area contributed by atoms with Gasteiger partial charge in [-0.05, 0) is 44.4 Å². The van der Waals surface area contributed by atoms with Gasteiger partial charge in [0.05, 0.1) is 5.92 Å². The molecule has 3 aromatic rings. The summed E-state index contributed by atoms with van der Waals surface area (Å²) in [5, 5.41) is 12.4. The van der Waals surface area contributed by atoms with Gasteiger partial charge in [-0.3, -0.25) is 4.79 Å². The fourth-order valence-electron chi connectivity index (χ4n) is 3.52. The fourth-order valence-corrected chi connectivity index (χ4v) is 7.25. The molecule has 7 nitrogen and oxygen atoms in total. The van der Waals surface area contributed by atoms with E-state index < -0.39 is 15.9 Å². The molecule has 1 fully saturated rings. The molecule has 4 rings (SSSR count). The number of amides is 1. The Morgan fingerprint density at radius 3 is 2.61 bits per heavy atom. The van der Waals surface area contributed by atoms with Gasteiger partial charge in [0.1, 0.15) is 9.22 Å². The molecule has 0 saturated carbocycles. The number of carbonyl (C=O) groups is 1. The van der Waals surface area contributed by atoms with E-state index in [4.69, 9.17) is 0 Å². The molecular weight excluding hydrogens is 452 g/mol. The summed E-state index contributed by atoms with van der Waals surface area (Å²) in [5.74, 6) is -0.616.